The van der Waals surface area contributed by atoms with Crippen molar-refractivity contribution in [3.05, 3.63) is 106 Å². The van der Waals surface area contributed by atoms with Crippen LogP contribution in [0.3, 0.4) is 0 Å². The number of carbonyl (C=O) groups excluding carboxylic acids is 2. The molecule has 1 N–H and O–H groups in total. The van der Waals surface area contributed by atoms with Crippen molar-refractivity contribution in [1.29, 1.82) is 0 Å². The number of nitrogens with one attached hydrogen (secondary N) is 1. The Labute approximate surface area is 186 Å². The highest BCUT2D eigenvalue weighted by Crippen LogP contribution is 2.21. The molecule has 0 unspecified atom stereocenters. The van der Waals surface area contributed by atoms with Gasteiger partial charge in [-0.1, -0.05) is 78.3 Å². The third-order valence-electron chi connectivity index (χ3n) is 5.12. The topological polar surface area (TPSA) is 49.4 Å². The van der Waals surface area contributed by atoms with E-state index in [2.05, 4.69) is 5.32 Å². The number of hydrogen-bond donors (Lipinski definition) is 1. The maximum Gasteiger partial charge on any atom is 0.242 e. The van der Waals surface area contributed by atoms with E-state index in [9.17, 15) is 14.0 Å². The van der Waals surface area contributed by atoms with Crippen molar-refractivity contribution in [2.45, 2.75) is 25.4 Å². The average Bonchev–Trinajstić information content (AvgIpc) is 2.79. The standard InChI is InChI=1S/C25H24ClFN2O2/c1-28-25(31)23(15-18-9-3-2-4-10-18)29(17-20-12-5-7-13-21(20)26)24(30)16-19-11-6-8-14-22(19)27/h2-14,23H,15-17H2,1H3,(H,28,31)/t23-/m0/s1. The monoisotopic (exact) mass is 438 g/mol. The highest BCUT2D eigenvalue weighted by atomic mass is 35.5. The van der Waals surface area contributed by atoms with Crippen LogP contribution in [-0.4, -0.2) is 29.8 Å². The van der Waals surface area contributed by atoms with Gasteiger partial charge in [0.15, 0.2) is 0 Å². The zero-order valence-corrected chi connectivity index (χ0v) is 18.0. The van der Waals surface area contributed by atoms with Gasteiger partial charge in [-0.25, -0.2) is 4.39 Å². The molecule has 0 aliphatic heterocycles. The lowest BCUT2D eigenvalue weighted by Crippen LogP contribution is -2.50. The highest BCUT2D eigenvalue weighted by molar-refractivity contribution is 6.31. The minimum absolute atomic E-state index is 0.137. The third kappa shape index (κ3) is 5.92. The van der Waals surface area contributed by atoms with Crippen molar-refractivity contribution in [2.75, 3.05) is 7.05 Å². The lowest BCUT2D eigenvalue weighted by molar-refractivity contribution is -0.140. The molecule has 0 radical (unpaired) electrons. The first-order chi connectivity index (χ1) is 15.0. The SMILES string of the molecule is CNC(=O)[C@H](Cc1ccccc1)N(Cc1ccccc1Cl)C(=O)Cc1ccccc1F. The Balaban J connectivity index is 1.97. The van der Waals surface area contributed by atoms with Gasteiger partial charge in [0, 0.05) is 25.0 Å². The second-order valence-electron chi connectivity index (χ2n) is 7.20. The van der Waals surface area contributed by atoms with E-state index in [0.29, 0.717) is 17.0 Å². The molecule has 4 nitrogen and oxygen atoms in total. The van der Waals surface area contributed by atoms with E-state index in [1.807, 2.05) is 42.5 Å². The van der Waals surface area contributed by atoms with Gasteiger partial charge in [-0.15, -0.1) is 0 Å². The van der Waals surface area contributed by atoms with Gasteiger partial charge in [0.1, 0.15) is 11.9 Å². The Morgan fingerprint density at radius 1 is 0.935 bits per heavy atom. The quantitative estimate of drug-likeness (QED) is 0.566. The van der Waals surface area contributed by atoms with E-state index in [1.54, 1.807) is 30.3 Å². The van der Waals surface area contributed by atoms with Crippen LogP contribution in [-0.2, 0) is 29.0 Å². The Hall–Kier alpha value is -3.18. The van der Waals surface area contributed by atoms with Crippen molar-refractivity contribution in [1.82, 2.24) is 10.2 Å². The number of likely N-dealkylation sites (N-methyl/N-ethyl adjacent to an activating group) is 1. The largest absolute Gasteiger partial charge is 0.357 e. The minimum Gasteiger partial charge on any atom is -0.357 e. The summed E-state index contributed by atoms with van der Waals surface area (Å²) in [5.74, 6) is -1.10. The predicted molar refractivity (Wildman–Crippen MR) is 120 cm³/mol. The molecule has 0 saturated carbocycles. The molecule has 3 aromatic carbocycles. The molecule has 1 atom stereocenters. The zero-order chi connectivity index (χ0) is 22.2. The van der Waals surface area contributed by atoms with Crippen LogP contribution >= 0.6 is 11.6 Å². The maximum atomic E-state index is 14.2. The van der Waals surface area contributed by atoms with Crippen LogP contribution in [0.5, 0.6) is 0 Å². The van der Waals surface area contributed by atoms with E-state index in [4.69, 9.17) is 11.6 Å². The van der Waals surface area contributed by atoms with Gasteiger partial charge in [-0.2, -0.15) is 0 Å². The molecule has 3 aromatic rings. The number of nitrogens with zero attached hydrogens (tertiary/aromatic N) is 1. The number of hydrogen-bond acceptors (Lipinski definition) is 2. The summed E-state index contributed by atoms with van der Waals surface area (Å²) in [5.41, 5.74) is 1.92. The van der Waals surface area contributed by atoms with Crippen LogP contribution in [0.15, 0.2) is 78.9 Å². The number of amides is 2. The molecule has 0 heterocycles. The van der Waals surface area contributed by atoms with Gasteiger partial charge in [0.25, 0.3) is 0 Å². The summed E-state index contributed by atoms with van der Waals surface area (Å²) >= 11 is 6.34. The summed E-state index contributed by atoms with van der Waals surface area (Å²) in [5, 5.41) is 3.16. The molecule has 0 aliphatic rings. The van der Waals surface area contributed by atoms with Crippen LogP contribution in [0.2, 0.25) is 5.02 Å². The summed E-state index contributed by atoms with van der Waals surface area (Å²) in [7, 11) is 1.54. The van der Waals surface area contributed by atoms with Gasteiger partial charge in [-0.3, -0.25) is 9.59 Å². The molecular formula is C25H24ClFN2O2. The average molecular weight is 439 g/mol. The number of carbonyl (C=O) groups is 2. The molecule has 3 rings (SSSR count). The lowest BCUT2D eigenvalue weighted by Gasteiger charge is -2.31. The molecule has 0 bridgehead atoms. The number of halogens is 2. The molecule has 0 aromatic heterocycles. The van der Waals surface area contributed by atoms with Gasteiger partial charge in [0.2, 0.25) is 11.8 Å². The summed E-state index contributed by atoms with van der Waals surface area (Å²) in [6.07, 6.45) is 0.174. The van der Waals surface area contributed by atoms with Crippen molar-refractivity contribution >= 4 is 23.4 Å². The fourth-order valence-electron chi connectivity index (χ4n) is 3.44. The molecule has 0 spiro atoms. The molecule has 2 amide bonds. The number of rotatable bonds is 8. The van der Waals surface area contributed by atoms with E-state index >= 15 is 0 Å². The Kier molecular flexibility index (Phi) is 7.79. The fourth-order valence-corrected chi connectivity index (χ4v) is 3.63. The van der Waals surface area contributed by atoms with Crippen molar-refractivity contribution in [3.8, 4) is 0 Å². The number of benzene rings is 3. The fraction of sp³-hybridized carbons (Fsp3) is 0.200. The molecule has 6 heteroatoms. The summed E-state index contributed by atoms with van der Waals surface area (Å²) in [6, 6.07) is 22.0. The van der Waals surface area contributed by atoms with Gasteiger partial charge >= 0.3 is 0 Å². The first kappa shape index (κ1) is 22.5. The Morgan fingerprint density at radius 3 is 2.19 bits per heavy atom. The predicted octanol–water partition coefficient (Wildman–Crippen LogP) is 4.41. The Morgan fingerprint density at radius 2 is 1.55 bits per heavy atom. The second kappa shape index (κ2) is 10.7. The first-order valence-corrected chi connectivity index (χ1v) is 10.4. The first-order valence-electron chi connectivity index (χ1n) is 10.0. The summed E-state index contributed by atoms with van der Waals surface area (Å²) < 4.78 is 14.2. The lowest BCUT2D eigenvalue weighted by atomic mass is 10.0. The molecule has 0 saturated heterocycles. The van der Waals surface area contributed by atoms with Crippen LogP contribution in [0.25, 0.3) is 0 Å². The van der Waals surface area contributed by atoms with Crippen LogP contribution < -0.4 is 5.32 Å². The van der Waals surface area contributed by atoms with Crippen molar-refractivity contribution in [3.63, 3.8) is 0 Å². The molecule has 0 fully saturated rings. The smallest absolute Gasteiger partial charge is 0.242 e. The molecule has 31 heavy (non-hydrogen) atoms. The van der Waals surface area contributed by atoms with Gasteiger partial charge in [-0.05, 0) is 28.8 Å². The molecule has 0 aliphatic carbocycles. The van der Waals surface area contributed by atoms with Crippen molar-refractivity contribution in [2.24, 2.45) is 0 Å². The van der Waals surface area contributed by atoms with E-state index < -0.39 is 11.9 Å². The van der Waals surface area contributed by atoms with Crippen LogP contribution in [0.1, 0.15) is 16.7 Å². The third-order valence-corrected chi connectivity index (χ3v) is 5.48. The summed E-state index contributed by atoms with van der Waals surface area (Å²) in [6.45, 7) is 0.137. The highest BCUT2D eigenvalue weighted by Gasteiger charge is 2.30. The zero-order valence-electron chi connectivity index (χ0n) is 17.2. The van der Waals surface area contributed by atoms with Gasteiger partial charge in [0.05, 0.1) is 6.42 Å². The normalized spacial score (nSPS) is 11.6. The van der Waals surface area contributed by atoms with E-state index in [0.717, 1.165) is 5.56 Å². The molecule has 160 valence electrons. The molecular weight excluding hydrogens is 415 g/mol. The maximum absolute atomic E-state index is 14.2. The van der Waals surface area contributed by atoms with Crippen LogP contribution in [0.4, 0.5) is 4.39 Å². The van der Waals surface area contributed by atoms with Crippen LogP contribution in [0, 0.1) is 5.82 Å². The van der Waals surface area contributed by atoms with E-state index in [-0.39, 0.29) is 30.3 Å². The minimum atomic E-state index is -0.775. The van der Waals surface area contributed by atoms with E-state index in [1.165, 1.54) is 18.0 Å². The second-order valence-corrected chi connectivity index (χ2v) is 7.61. The summed E-state index contributed by atoms with van der Waals surface area (Å²) in [4.78, 5) is 27.7. The van der Waals surface area contributed by atoms with Gasteiger partial charge < -0.3 is 10.2 Å². The van der Waals surface area contributed by atoms with Crippen molar-refractivity contribution < 1.29 is 14.0 Å². The Bertz CT molecular complexity index is 1040.